The van der Waals surface area contributed by atoms with E-state index in [1.165, 1.54) is 0 Å². The monoisotopic (exact) mass is 269 g/mol. The highest BCUT2D eigenvalue weighted by atomic mass is 16.5. The zero-order valence-electron chi connectivity index (χ0n) is 11.4. The fourth-order valence-corrected chi connectivity index (χ4v) is 1.64. The van der Waals surface area contributed by atoms with Gasteiger partial charge in [0.15, 0.2) is 0 Å². The van der Waals surface area contributed by atoms with Crippen molar-refractivity contribution in [3.8, 4) is 23.6 Å². The van der Waals surface area contributed by atoms with E-state index in [1.807, 2.05) is 19.9 Å². The van der Waals surface area contributed by atoms with Crippen molar-refractivity contribution in [2.45, 2.75) is 13.8 Å². The summed E-state index contributed by atoms with van der Waals surface area (Å²) in [6.07, 6.45) is 0. The van der Waals surface area contributed by atoms with E-state index >= 15 is 0 Å². The highest BCUT2D eigenvalue weighted by Crippen LogP contribution is 2.28. The standard InChI is InChI=1S/C15H15N3O2/c1-3-19-15-12(17)6-7-14(18-15)20-13-8-11(9-16)5-4-10(13)2/h4-8H,3,17H2,1-2H3. The lowest BCUT2D eigenvalue weighted by atomic mass is 10.1. The quantitative estimate of drug-likeness (QED) is 0.922. The van der Waals surface area contributed by atoms with Crippen molar-refractivity contribution in [1.29, 1.82) is 5.26 Å². The number of aromatic nitrogens is 1. The van der Waals surface area contributed by atoms with Gasteiger partial charge in [-0.15, -0.1) is 0 Å². The van der Waals surface area contributed by atoms with Crippen LogP contribution in [-0.4, -0.2) is 11.6 Å². The van der Waals surface area contributed by atoms with E-state index in [0.717, 1.165) is 5.56 Å². The third-order valence-electron chi connectivity index (χ3n) is 2.68. The van der Waals surface area contributed by atoms with Crippen LogP contribution in [0.25, 0.3) is 0 Å². The van der Waals surface area contributed by atoms with Crippen LogP contribution in [-0.2, 0) is 0 Å². The summed E-state index contributed by atoms with van der Waals surface area (Å²) in [5.74, 6) is 1.31. The predicted octanol–water partition coefficient (Wildman–Crippen LogP) is 3.03. The molecule has 20 heavy (non-hydrogen) atoms. The molecule has 0 aliphatic rings. The topological polar surface area (TPSA) is 81.2 Å². The van der Waals surface area contributed by atoms with Gasteiger partial charge in [-0.05, 0) is 37.6 Å². The van der Waals surface area contributed by atoms with Crippen LogP contribution in [0.4, 0.5) is 5.69 Å². The Morgan fingerprint density at radius 3 is 2.80 bits per heavy atom. The van der Waals surface area contributed by atoms with Crippen LogP contribution < -0.4 is 15.2 Å². The van der Waals surface area contributed by atoms with Gasteiger partial charge in [-0.25, -0.2) is 0 Å². The Kier molecular flexibility index (Phi) is 4.06. The molecule has 1 heterocycles. The Balaban J connectivity index is 2.30. The fourth-order valence-electron chi connectivity index (χ4n) is 1.64. The Morgan fingerprint density at radius 1 is 1.30 bits per heavy atom. The summed E-state index contributed by atoms with van der Waals surface area (Å²) in [7, 11) is 0. The van der Waals surface area contributed by atoms with Gasteiger partial charge < -0.3 is 15.2 Å². The van der Waals surface area contributed by atoms with Crippen molar-refractivity contribution in [1.82, 2.24) is 4.98 Å². The van der Waals surface area contributed by atoms with Crippen molar-refractivity contribution >= 4 is 5.69 Å². The SMILES string of the molecule is CCOc1nc(Oc2cc(C#N)ccc2C)ccc1N. The third-order valence-corrected chi connectivity index (χ3v) is 2.68. The molecule has 0 bridgehead atoms. The van der Waals surface area contributed by atoms with Gasteiger partial charge in [0.05, 0.1) is 23.9 Å². The van der Waals surface area contributed by atoms with Crippen molar-refractivity contribution in [3.63, 3.8) is 0 Å². The minimum absolute atomic E-state index is 0.346. The van der Waals surface area contributed by atoms with Crippen LogP contribution in [0.1, 0.15) is 18.1 Å². The molecule has 0 unspecified atom stereocenters. The van der Waals surface area contributed by atoms with E-state index in [9.17, 15) is 0 Å². The molecule has 5 heteroatoms. The van der Waals surface area contributed by atoms with Crippen molar-refractivity contribution in [2.75, 3.05) is 12.3 Å². The molecule has 1 aromatic carbocycles. The number of rotatable bonds is 4. The Bertz CT molecular complexity index is 663. The number of ether oxygens (including phenoxy) is 2. The van der Waals surface area contributed by atoms with Gasteiger partial charge in [-0.1, -0.05) is 6.07 Å². The van der Waals surface area contributed by atoms with Crippen LogP contribution in [0.15, 0.2) is 30.3 Å². The molecule has 2 aromatic rings. The minimum Gasteiger partial charge on any atom is -0.476 e. The average molecular weight is 269 g/mol. The number of pyridine rings is 1. The minimum atomic E-state index is 0.346. The molecule has 0 fully saturated rings. The second-order valence-corrected chi connectivity index (χ2v) is 4.17. The summed E-state index contributed by atoms with van der Waals surface area (Å²) < 4.78 is 11.0. The number of nitriles is 1. The van der Waals surface area contributed by atoms with E-state index in [4.69, 9.17) is 20.5 Å². The van der Waals surface area contributed by atoms with E-state index in [2.05, 4.69) is 11.1 Å². The van der Waals surface area contributed by atoms with Gasteiger partial charge in [-0.2, -0.15) is 10.2 Å². The normalized spacial score (nSPS) is 9.85. The summed E-state index contributed by atoms with van der Waals surface area (Å²) >= 11 is 0. The van der Waals surface area contributed by atoms with Gasteiger partial charge in [0.2, 0.25) is 11.8 Å². The fraction of sp³-hybridized carbons (Fsp3) is 0.200. The highest BCUT2D eigenvalue weighted by Gasteiger charge is 2.08. The summed E-state index contributed by atoms with van der Waals surface area (Å²) in [5, 5.41) is 8.91. The van der Waals surface area contributed by atoms with Crippen LogP contribution in [0.2, 0.25) is 0 Å². The summed E-state index contributed by atoms with van der Waals surface area (Å²) in [6, 6.07) is 10.7. The van der Waals surface area contributed by atoms with E-state index in [1.54, 1.807) is 24.3 Å². The molecule has 0 radical (unpaired) electrons. The summed E-state index contributed by atoms with van der Waals surface area (Å²) in [6.45, 7) is 4.23. The molecule has 0 saturated heterocycles. The zero-order chi connectivity index (χ0) is 14.5. The lowest BCUT2D eigenvalue weighted by Crippen LogP contribution is -2.00. The molecule has 5 nitrogen and oxygen atoms in total. The second kappa shape index (κ2) is 5.93. The van der Waals surface area contributed by atoms with E-state index in [-0.39, 0.29) is 0 Å². The van der Waals surface area contributed by atoms with Crippen LogP contribution >= 0.6 is 0 Å². The first-order valence-corrected chi connectivity index (χ1v) is 6.22. The molecule has 1 aromatic heterocycles. The van der Waals surface area contributed by atoms with Crippen LogP contribution in [0.3, 0.4) is 0 Å². The number of anilines is 1. The molecule has 0 atom stereocenters. The maximum Gasteiger partial charge on any atom is 0.240 e. The molecule has 102 valence electrons. The average Bonchev–Trinajstić information content (AvgIpc) is 2.45. The first-order valence-electron chi connectivity index (χ1n) is 6.22. The maximum atomic E-state index is 8.91. The maximum absolute atomic E-state index is 8.91. The Morgan fingerprint density at radius 2 is 2.10 bits per heavy atom. The van der Waals surface area contributed by atoms with Crippen molar-refractivity contribution < 1.29 is 9.47 Å². The first kappa shape index (κ1) is 13.7. The third kappa shape index (κ3) is 2.98. The number of aryl methyl sites for hydroxylation is 1. The van der Waals surface area contributed by atoms with Crippen molar-refractivity contribution in [2.24, 2.45) is 0 Å². The number of nitrogens with two attached hydrogens (primary N) is 1. The Labute approximate surface area is 117 Å². The van der Waals surface area contributed by atoms with Gasteiger partial charge in [-0.3, -0.25) is 0 Å². The lowest BCUT2D eigenvalue weighted by molar-refractivity contribution is 0.323. The molecule has 2 rings (SSSR count). The number of benzene rings is 1. The summed E-state index contributed by atoms with van der Waals surface area (Å²) in [4.78, 5) is 4.20. The largest absolute Gasteiger partial charge is 0.476 e. The molecule has 0 aliphatic carbocycles. The van der Waals surface area contributed by atoms with Crippen LogP contribution in [0, 0.1) is 18.3 Å². The first-order chi connectivity index (χ1) is 9.63. The molecule has 0 aliphatic heterocycles. The Hall–Kier alpha value is -2.74. The smallest absolute Gasteiger partial charge is 0.240 e. The molecule has 0 saturated carbocycles. The lowest BCUT2D eigenvalue weighted by Gasteiger charge is -2.10. The van der Waals surface area contributed by atoms with E-state index < -0.39 is 0 Å². The summed E-state index contributed by atoms with van der Waals surface area (Å²) in [5.41, 5.74) is 7.67. The number of hydrogen-bond acceptors (Lipinski definition) is 5. The predicted molar refractivity (Wildman–Crippen MR) is 75.8 cm³/mol. The van der Waals surface area contributed by atoms with Crippen LogP contribution in [0.5, 0.6) is 17.5 Å². The highest BCUT2D eigenvalue weighted by molar-refractivity contribution is 5.50. The van der Waals surface area contributed by atoms with E-state index in [0.29, 0.717) is 35.4 Å². The molecule has 2 N–H and O–H groups in total. The number of hydrogen-bond donors (Lipinski definition) is 1. The van der Waals surface area contributed by atoms with Gasteiger partial charge in [0.25, 0.3) is 0 Å². The molecule has 0 spiro atoms. The molecule has 0 amide bonds. The van der Waals surface area contributed by atoms with Gasteiger partial charge >= 0.3 is 0 Å². The van der Waals surface area contributed by atoms with Gasteiger partial charge in [0.1, 0.15) is 5.75 Å². The second-order valence-electron chi connectivity index (χ2n) is 4.17. The van der Waals surface area contributed by atoms with Gasteiger partial charge in [0, 0.05) is 6.07 Å². The number of nitrogen functional groups attached to an aromatic ring is 1. The molecular weight excluding hydrogens is 254 g/mol. The van der Waals surface area contributed by atoms with Crippen molar-refractivity contribution in [3.05, 3.63) is 41.5 Å². The number of nitrogens with zero attached hydrogens (tertiary/aromatic N) is 2. The molecular formula is C15H15N3O2. The zero-order valence-corrected chi connectivity index (χ0v) is 11.4.